The van der Waals surface area contributed by atoms with Crippen LogP contribution >= 0.6 is 0 Å². The number of rotatable bonds is 13. The molecule has 0 aliphatic heterocycles. The molecule has 0 saturated heterocycles. The Labute approximate surface area is 120 Å². The largest absolute Gasteiger partial charge is 0.396 e. The highest BCUT2D eigenvalue weighted by atomic mass is 16.3. The standard InChI is InChI=1S/C17H36O2/c1-4-7-11-16(12-10-15-18)17(19,13-8-5-2)14-9-6-3/h16,18-19H,4-15H2,1-3H3. The monoisotopic (exact) mass is 272 g/mol. The van der Waals surface area contributed by atoms with Gasteiger partial charge in [-0.25, -0.2) is 0 Å². The Hall–Kier alpha value is -0.0800. The van der Waals surface area contributed by atoms with Gasteiger partial charge in [0.05, 0.1) is 5.60 Å². The molecule has 2 N–H and O–H groups in total. The van der Waals surface area contributed by atoms with E-state index >= 15 is 0 Å². The van der Waals surface area contributed by atoms with Crippen molar-refractivity contribution in [3.8, 4) is 0 Å². The van der Waals surface area contributed by atoms with Crippen LogP contribution in [0, 0.1) is 5.92 Å². The summed E-state index contributed by atoms with van der Waals surface area (Å²) in [5.74, 6) is 0.373. The fourth-order valence-corrected chi connectivity index (χ4v) is 2.97. The minimum Gasteiger partial charge on any atom is -0.396 e. The van der Waals surface area contributed by atoms with E-state index in [1.165, 1.54) is 12.8 Å². The summed E-state index contributed by atoms with van der Waals surface area (Å²) in [6, 6.07) is 0. The SMILES string of the molecule is CCCCC(CCCO)C(O)(CCCC)CCCC. The molecule has 19 heavy (non-hydrogen) atoms. The van der Waals surface area contributed by atoms with Crippen molar-refractivity contribution in [1.29, 1.82) is 0 Å². The highest BCUT2D eigenvalue weighted by molar-refractivity contribution is 4.86. The van der Waals surface area contributed by atoms with Crippen LogP contribution in [-0.2, 0) is 0 Å². The molecule has 0 aromatic heterocycles. The van der Waals surface area contributed by atoms with Crippen molar-refractivity contribution in [3.05, 3.63) is 0 Å². The smallest absolute Gasteiger partial charge is 0.0675 e. The van der Waals surface area contributed by atoms with Crippen molar-refractivity contribution in [2.75, 3.05) is 6.61 Å². The maximum absolute atomic E-state index is 11.1. The van der Waals surface area contributed by atoms with Crippen molar-refractivity contribution in [2.24, 2.45) is 5.92 Å². The van der Waals surface area contributed by atoms with Gasteiger partial charge in [0.15, 0.2) is 0 Å². The maximum atomic E-state index is 11.1. The molecule has 0 spiro atoms. The van der Waals surface area contributed by atoms with Gasteiger partial charge in [-0.3, -0.25) is 0 Å². The molecule has 0 fully saturated rings. The molecule has 1 atom stereocenters. The van der Waals surface area contributed by atoms with Crippen LogP contribution in [0.4, 0.5) is 0 Å². The molecular weight excluding hydrogens is 236 g/mol. The van der Waals surface area contributed by atoms with Gasteiger partial charge in [0.1, 0.15) is 0 Å². The van der Waals surface area contributed by atoms with Gasteiger partial charge in [0.2, 0.25) is 0 Å². The molecule has 0 heterocycles. The number of hydrogen-bond donors (Lipinski definition) is 2. The Morgan fingerprint density at radius 3 is 1.68 bits per heavy atom. The molecule has 0 aromatic rings. The summed E-state index contributed by atoms with van der Waals surface area (Å²) >= 11 is 0. The van der Waals surface area contributed by atoms with Crippen LogP contribution in [0.1, 0.15) is 91.4 Å². The van der Waals surface area contributed by atoms with Gasteiger partial charge < -0.3 is 10.2 Å². The van der Waals surface area contributed by atoms with Gasteiger partial charge in [0, 0.05) is 6.61 Å². The Morgan fingerprint density at radius 2 is 1.26 bits per heavy atom. The second-order valence-electron chi connectivity index (χ2n) is 6.02. The van der Waals surface area contributed by atoms with Crippen molar-refractivity contribution in [2.45, 2.75) is 97.0 Å². The first-order valence-electron chi connectivity index (χ1n) is 8.47. The van der Waals surface area contributed by atoms with Crippen LogP contribution < -0.4 is 0 Å². The number of hydrogen-bond acceptors (Lipinski definition) is 2. The van der Waals surface area contributed by atoms with Crippen molar-refractivity contribution < 1.29 is 10.2 Å². The lowest BCUT2D eigenvalue weighted by molar-refractivity contribution is -0.0458. The molecule has 0 aromatic carbocycles. The number of aliphatic hydroxyl groups is 2. The van der Waals surface area contributed by atoms with Gasteiger partial charge in [-0.15, -0.1) is 0 Å². The Bertz CT molecular complexity index is 176. The normalized spacial score (nSPS) is 13.7. The molecule has 2 nitrogen and oxygen atoms in total. The maximum Gasteiger partial charge on any atom is 0.0675 e. The van der Waals surface area contributed by atoms with E-state index in [1.807, 2.05) is 0 Å². The Morgan fingerprint density at radius 1 is 0.789 bits per heavy atom. The lowest BCUT2D eigenvalue weighted by Gasteiger charge is -2.37. The van der Waals surface area contributed by atoms with Crippen LogP contribution in [-0.4, -0.2) is 22.4 Å². The first-order valence-corrected chi connectivity index (χ1v) is 8.47. The Kier molecular flexibility index (Phi) is 11.7. The number of aliphatic hydroxyl groups excluding tert-OH is 1. The van der Waals surface area contributed by atoms with Crippen LogP contribution in [0.5, 0.6) is 0 Å². The molecule has 1 unspecified atom stereocenters. The minimum atomic E-state index is -0.490. The third kappa shape index (κ3) is 7.94. The van der Waals surface area contributed by atoms with Gasteiger partial charge >= 0.3 is 0 Å². The zero-order valence-corrected chi connectivity index (χ0v) is 13.5. The summed E-state index contributed by atoms with van der Waals surface area (Å²) in [6.07, 6.45) is 11.7. The highest BCUT2D eigenvalue weighted by Crippen LogP contribution is 2.35. The zero-order chi connectivity index (χ0) is 14.6. The summed E-state index contributed by atoms with van der Waals surface area (Å²) in [7, 11) is 0. The van der Waals surface area contributed by atoms with Gasteiger partial charge in [-0.05, 0) is 38.0 Å². The molecule has 116 valence electrons. The molecule has 0 saturated carbocycles. The molecule has 0 rings (SSSR count). The molecule has 2 heteroatoms. The van der Waals surface area contributed by atoms with E-state index in [9.17, 15) is 5.11 Å². The first-order chi connectivity index (χ1) is 9.14. The van der Waals surface area contributed by atoms with Crippen molar-refractivity contribution in [3.63, 3.8) is 0 Å². The van der Waals surface area contributed by atoms with Crippen LogP contribution in [0.3, 0.4) is 0 Å². The fourth-order valence-electron chi connectivity index (χ4n) is 2.97. The molecule has 0 aliphatic rings. The topological polar surface area (TPSA) is 40.5 Å². The van der Waals surface area contributed by atoms with Crippen molar-refractivity contribution in [1.82, 2.24) is 0 Å². The third-order valence-electron chi connectivity index (χ3n) is 4.30. The van der Waals surface area contributed by atoms with E-state index in [2.05, 4.69) is 20.8 Å². The van der Waals surface area contributed by atoms with Crippen molar-refractivity contribution >= 4 is 0 Å². The van der Waals surface area contributed by atoms with E-state index < -0.39 is 5.60 Å². The lowest BCUT2D eigenvalue weighted by atomic mass is 9.75. The fraction of sp³-hybridized carbons (Fsp3) is 1.00. The minimum absolute atomic E-state index is 0.250. The van der Waals surface area contributed by atoms with Crippen LogP contribution in [0.25, 0.3) is 0 Å². The molecule has 0 radical (unpaired) electrons. The van der Waals surface area contributed by atoms with Gasteiger partial charge in [0.25, 0.3) is 0 Å². The van der Waals surface area contributed by atoms with E-state index in [0.717, 1.165) is 57.8 Å². The summed E-state index contributed by atoms with van der Waals surface area (Å²) in [5, 5.41) is 20.2. The van der Waals surface area contributed by atoms with Gasteiger partial charge in [-0.1, -0.05) is 59.3 Å². The number of unbranched alkanes of at least 4 members (excludes halogenated alkanes) is 3. The molecule has 0 aliphatic carbocycles. The zero-order valence-electron chi connectivity index (χ0n) is 13.5. The summed E-state index contributed by atoms with van der Waals surface area (Å²) in [4.78, 5) is 0. The predicted octanol–water partition coefficient (Wildman–Crippen LogP) is 4.68. The molecular formula is C17H36O2. The first kappa shape index (κ1) is 18.9. The van der Waals surface area contributed by atoms with Crippen LogP contribution in [0.2, 0.25) is 0 Å². The third-order valence-corrected chi connectivity index (χ3v) is 4.30. The molecule has 0 amide bonds. The second-order valence-corrected chi connectivity index (χ2v) is 6.02. The average Bonchev–Trinajstić information content (AvgIpc) is 2.43. The molecule has 0 bridgehead atoms. The summed E-state index contributed by atoms with van der Waals surface area (Å²) in [5.41, 5.74) is -0.490. The van der Waals surface area contributed by atoms with E-state index in [4.69, 9.17) is 5.11 Å². The van der Waals surface area contributed by atoms with E-state index in [1.54, 1.807) is 0 Å². The van der Waals surface area contributed by atoms with E-state index in [0.29, 0.717) is 5.92 Å². The average molecular weight is 272 g/mol. The predicted molar refractivity (Wildman–Crippen MR) is 83.3 cm³/mol. The lowest BCUT2D eigenvalue weighted by Crippen LogP contribution is -2.38. The summed E-state index contributed by atoms with van der Waals surface area (Å²) < 4.78 is 0. The van der Waals surface area contributed by atoms with E-state index in [-0.39, 0.29) is 6.61 Å². The highest BCUT2D eigenvalue weighted by Gasteiger charge is 2.34. The summed E-state index contributed by atoms with van der Waals surface area (Å²) in [6.45, 7) is 6.84. The van der Waals surface area contributed by atoms with Gasteiger partial charge in [-0.2, -0.15) is 0 Å². The van der Waals surface area contributed by atoms with Crippen LogP contribution in [0.15, 0.2) is 0 Å². The second kappa shape index (κ2) is 11.7. The quantitative estimate of drug-likeness (QED) is 0.511. The Balaban J connectivity index is 4.64.